The van der Waals surface area contributed by atoms with Crippen LogP contribution in [-0.4, -0.2) is 28.6 Å². The lowest BCUT2D eigenvalue weighted by Gasteiger charge is -2.39. The molecule has 1 saturated heterocycles. The Kier molecular flexibility index (Phi) is 3.41. The van der Waals surface area contributed by atoms with E-state index in [1.165, 1.54) is 12.5 Å². The SMILES string of the molecule is CC1CCCN(c2nc(C(=O)O)ccc2N)C1C. The number of aromatic nitrogens is 1. The molecule has 1 aliphatic rings. The predicted molar refractivity (Wildman–Crippen MR) is 70.8 cm³/mol. The predicted octanol–water partition coefficient (Wildman–Crippen LogP) is 1.99. The third-order valence-electron chi connectivity index (χ3n) is 3.77. The van der Waals surface area contributed by atoms with Crippen LogP contribution in [-0.2, 0) is 0 Å². The van der Waals surface area contributed by atoms with Gasteiger partial charge in [-0.25, -0.2) is 9.78 Å². The highest BCUT2D eigenvalue weighted by Crippen LogP contribution is 2.30. The maximum Gasteiger partial charge on any atom is 0.354 e. The molecule has 0 spiro atoms. The highest BCUT2D eigenvalue weighted by molar-refractivity contribution is 5.87. The van der Waals surface area contributed by atoms with E-state index in [1.807, 2.05) is 0 Å². The zero-order chi connectivity index (χ0) is 13.3. The van der Waals surface area contributed by atoms with Gasteiger partial charge in [0.2, 0.25) is 0 Å². The summed E-state index contributed by atoms with van der Waals surface area (Å²) in [7, 11) is 0. The molecule has 2 atom stereocenters. The molecule has 5 heteroatoms. The summed E-state index contributed by atoms with van der Waals surface area (Å²) < 4.78 is 0. The van der Waals surface area contributed by atoms with Crippen molar-refractivity contribution in [3.05, 3.63) is 17.8 Å². The number of carboxylic acids is 1. The van der Waals surface area contributed by atoms with Crippen molar-refractivity contribution in [3.63, 3.8) is 0 Å². The minimum atomic E-state index is -1.02. The molecule has 0 amide bonds. The largest absolute Gasteiger partial charge is 0.477 e. The zero-order valence-electron chi connectivity index (χ0n) is 10.8. The van der Waals surface area contributed by atoms with Gasteiger partial charge in [0.1, 0.15) is 0 Å². The van der Waals surface area contributed by atoms with Crippen LogP contribution in [0.1, 0.15) is 37.2 Å². The Bertz CT molecular complexity index is 462. The molecule has 1 fully saturated rings. The van der Waals surface area contributed by atoms with Gasteiger partial charge in [-0.15, -0.1) is 0 Å². The summed E-state index contributed by atoms with van der Waals surface area (Å²) in [4.78, 5) is 17.3. The monoisotopic (exact) mass is 249 g/mol. The number of anilines is 2. The molecule has 0 aliphatic carbocycles. The van der Waals surface area contributed by atoms with E-state index in [1.54, 1.807) is 6.07 Å². The zero-order valence-corrected chi connectivity index (χ0v) is 10.8. The number of nitrogens with two attached hydrogens (primary N) is 1. The number of carbonyl (C=O) groups is 1. The molecule has 0 bridgehead atoms. The van der Waals surface area contributed by atoms with E-state index < -0.39 is 5.97 Å². The van der Waals surface area contributed by atoms with Gasteiger partial charge in [-0.05, 0) is 37.8 Å². The molecule has 1 aromatic rings. The molecule has 0 aromatic carbocycles. The van der Waals surface area contributed by atoms with E-state index in [0.29, 0.717) is 23.5 Å². The molecule has 1 aliphatic heterocycles. The van der Waals surface area contributed by atoms with Gasteiger partial charge in [-0.2, -0.15) is 0 Å². The van der Waals surface area contributed by atoms with Crippen LogP contribution in [0.25, 0.3) is 0 Å². The van der Waals surface area contributed by atoms with Gasteiger partial charge in [0.25, 0.3) is 0 Å². The normalized spacial score (nSPS) is 24.0. The molecule has 5 nitrogen and oxygen atoms in total. The average Bonchev–Trinajstić information content (AvgIpc) is 2.33. The van der Waals surface area contributed by atoms with Crippen molar-refractivity contribution < 1.29 is 9.90 Å². The van der Waals surface area contributed by atoms with Gasteiger partial charge >= 0.3 is 5.97 Å². The van der Waals surface area contributed by atoms with Gasteiger partial charge < -0.3 is 15.7 Å². The fourth-order valence-electron chi connectivity index (χ4n) is 2.44. The van der Waals surface area contributed by atoms with Crippen LogP contribution in [0.5, 0.6) is 0 Å². The van der Waals surface area contributed by atoms with E-state index in [2.05, 4.69) is 23.7 Å². The fourth-order valence-corrected chi connectivity index (χ4v) is 2.44. The van der Waals surface area contributed by atoms with Crippen molar-refractivity contribution in [2.24, 2.45) is 5.92 Å². The van der Waals surface area contributed by atoms with E-state index in [4.69, 9.17) is 10.8 Å². The second kappa shape index (κ2) is 4.84. The summed E-state index contributed by atoms with van der Waals surface area (Å²) in [6.07, 6.45) is 2.28. The first-order valence-corrected chi connectivity index (χ1v) is 6.27. The molecule has 2 heterocycles. The maximum atomic E-state index is 11.0. The van der Waals surface area contributed by atoms with Crippen LogP contribution in [0.2, 0.25) is 0 Å². The smallest absolute Gasteiger partial charge is 0.354 e. The Morgan fingerprint density at radius 1 is 1.50 bits per heavy atom. The average molecular weight is 249 g/mol. The molecule has 2 unspecified atom stereocenters. The topological polar surface area (TPSA) is 79.5 Å². The third-order valence-corrected chi connectivity index (χ3v) is 3.77. The minimum absolute atomic E-state index is 0.0460. The van der Waals surface area contributed by atoms with E-state index in [9.17, 15) is 4.79 Å². The Hall–Kier alpha value is -1.78. The Balaban J connectivity index is 2.37. The van der Waals surface area contributed by atoms with Crippen LogP contribution in [0.4, 0.5) is 11.5 Å². The van der Waals surface area contributed by atoms with E-state index in [-0.39, 0.29) is 5.69 Å². The number of hydrogen-bond donors (Lipinski definition) is 2. The number of hydrogen-bond acceptors (Lipinski definition) is 4. The lowest BCUT2D eigenvalue weighted by molar-refractivity contribution is 0.0690. The second-order valence-electron chi connectivity index (χ2n) is 4.97. The number of piperidine rings is 1. The van der Waals surface area contributed by atoms with Crippen LogP contribution in [0.15, 0.2) is 12.1 Å². The molecule has 98 valence electrons. The maximum absolute atomic E-state index is 11.0. The number of pyridine rings is 1. The first kappa shape index (κ1) is 12.7. The molecule has 1 aromatic heterocycles. The first-order chi connectivity index (χ1) is 8.50. The standard InChI is InChI=1S/C13H19N3O2/c1-8-4-3-7-16(9(8)2)12-10(14)5-6-11(15-12)13(17)18/h5-6,8-9H,3-4,7,14H2,1-2H3,(H,17,18). The molecular weight excluding hydrogens is 230 g/mol. The van der Waals surface area contributed by atoms with Crippen LogP contribution in [0.3, 0.4) is 0 Å². The lowest BCUT2D eigenvalue weighted by Crippen LogP contribution is -2.43. The number of carboxylic acid groups (broad SMARTS) is 1. The van der Waals surface area contributed by atoms with Crippen molar-refractivity contribution in [3.8, 4) is 0 Å². The molecule has 0 saturated carbocycles. The summed E-state index contributed by atoms with van der Waals surface area (Å²) in [6.45, 7) is 5.22. The van der Waals surface area contributed by atoms with Gasteiger partial charge in [-0.3, -0.25) is 0 Å². The molecule has 2 rings (SSSR count). The van der Waals surface area contributed by atoms with Gasteiger partial charge in [-0.1, -0.05) is 6.92 Å². The summed E-state index contributed by atoms with van der Waals surface area (Å²) in [5.41, 5.74) is 6.52. The summed E-state index contributed by atoms with van der Waals surface area (Å²) in [5.74, 6) is 0.149. The highest BCUT2D eigenvalue weighted by atomic mass is 16.4. The highest BCUT2D eigenvalue weighted by Gasteiger charge is 2.27. The van der Waals surface area contributed by atoms with Crippen molar-refractivity contribution in [2.45, 2.75) is 32.7 Å². The van der Waals surface area contributed by atoms with Crippen LogP contribution in [0, 0.1) is 5.92 Å². The van der Waals surface area contributed by atoms with Gasteiger partial charge in [0.05, 0.1) is 5.69 Å². The van der Waals surface area contributed by atoms with Crippen molar-refractivity contribution in [1.29, 1.82) is 0 Å². The van der Waals surface area contributed by atoms with Crippen molar-refractivity contribution >= 4 is 17.5 Å². The first-order valence-electron chi connectivity index (χ1n) is 6.27. The summed E-state index contributed by atoms with van der Waals surface area (Å²) in [6, 6.07) is 3.40. The van der Waals surface area contributed by atoms with Crippen LogP contribution < -0.4 is 10.6 Å². The Morgan fingerprint density at radius 2 is 2.22 bits per heavy atom. The molecular formula is C13H19N3O2. The van der Waals surface area contributed by atoms with Crippen LogP contribution >= 0.6 is 0 Å². The summed E-state index contributed by atoms with van der Waals surface area (Å²) in [5, 5.41) is 8.99. The van der Waals surface area contributed by atoms with Crippen molar-refractivity contribution in [1.82, 2.24) is 4.98 Å². The number of aromatic carboxylic acids is 1. The molecule has 3 N–H and O–H groups in total. The van der Waals surface area contributed by atoms with E-state index >= 15 is 0 Å². The van der Waals surface area contributed by atoms with E-state index in [0.717, 1.165) is 13.0 Å². The number of nitrogen functional groups attached to an aromatic ring is 1. The molecule has 0 radical (unpaired) electrons. The quantitative estimate of drug-likeness (QED) is 0.837. The van der Waals surface area contributed by atoms with Crippen molar-refractivity contribution in [2.75, 3.05) is 17.2 Å². The number of rotatable bonds is 2. The number of nitrogens with zero attached hydrogens (tertiary/aromatic N) is 2. The Morgan fingerprint density at radius 3 is 2.89 bits per heavy atom. The summed E-state index contributed by atoms with van der Waals surface area (Å²) >= 11 is 0. The Labute approximate surface area is 107 Å². The van der Waals surface area contributed by atoms with Gasteiger partial charge in [0, 0.05) is 12.6 Å². The third kappa shape index (κ3) is 2.25. The lowest BCUT2D eigenvalue weighted by atomic mass is 9.92. The fraction of sp³-hybridized carbons (Fsp3) is 0.538. The molecule has 18 heavy (non-hydrogen) atoms. The van der Waals surface area contributed by atoms with Gasteiger partial charge in [0.15, 0.2) is 11.5 Å². The second-order valence-corrected chi connectivity index (χ2v) is 4.97. The minimum Gasteiger partial charge on any atom is -0.477 e.